The van der Waals surface area contributed by atoms with Crippen LogP contribution in [0.1, 0.15) is 16.9 Å². The van der Waals surface area contributed by atoms with E-state index in [0.29, 0.717) is 11.8 Å². The third-order valence-electron chi connectivity index (χ3n) is 4.57. The van der Waals surface area contributed by atoms with Gasteiger partial charge in [-0.25, -0.2) is 4.98 Å². The average Bonchev–Trinajstić information content (AvgIpc) is 2.97. The summed E-state index contributed by atoms with van der Waals surface area (Å²) in [4.78, 5) is 19.0. The minimum atomic E-state index is 0.0397. The van der Waals surface area contributed by atoms with Crippen molar-refractivity contribution < 1.29 is 9.53 Å². The number of hydrogen-bond acceptors (Lipinski definition) is 4. The molecule has 5 heteroatoms. The lowest BCUT2D eigenvalue weighted by atomic mass is 9.92. The van der Waals surface area contributed by atoms with Gasteiger partial charge in [-0.2, -0.15) is 0 Å². The van der Waals surface area contributed by atoms with Crippen molar-refractivity contribution >= 4 is 28.6 Å². The topological polar surface area (TPSA) is 42.4 Å². The number of ether oxygens (including phenoxy) is 1. The van der Waals surface area contributed by atoms with Crippen molar-refractivity contribution in [2.24, 2.45) is 0 Å². The van der Waals surface area contributed by atoms with Gasteiger partial charge >= 0.3 is 0 Å². The standard InChI is InChI=1S/C17H18N2O2S/c1-21-13-8-17(22-9-13)10-19(11-17)16(20)15-7-6-12-4-2-3-5-14(12)18-15/h2-7,13H,8-11H2,1H3/t13-/m1/s1. The summed E-state index contributed by atoms with van der Waals surface area (Å²) in [6.07, 6.45) is 1.38. The maximum atomic E-state index is 12.6. The van der Waals surface area contributed by atoms with Crippen LogP contribution in [0.4, 0.5) is 0 Å². The Labute approximate surface area is 133 Å². The van der Waals surface area contributed by atoms with Gasteiger partial charge in [-0.15, -0.1) is 11.8 Å². The Balaban J connectivity index is 1.48. The van der Waals surface area contributed by atoms with Gasteiger partial charge in [-0.05, 0) is 18.6 Å². The number of carbonyl (C=O) groups is 1. The van der Waals surface area contributed by atoms with Crippen LogP contribution in [0.2, 0.25) is 0 Å². The Hall–Kier alpha value is -1.59. The van der Waals surface area contributed by atoms with E-state index in [9.17, 15) is 4.79 Å². The second-order valence-corrected chi connectivity index (χ2v) is 7.59. The zero-order valence-electron chi connectivity index (χ0n) is 12.5. The number of thioether (sulfide) groups is 1. The monoisotopic (exact) mass is 314 g/mol. The summed E-state index contributed by atoms with van der Waals surface area (Å²) in [7, 11) is 1.77. The van der Waals surface area contributed by atoms with Crippen molar-refractivity contribution in [2.75, 3.05) is 26.0 Å². The molecule has 1 atom stereocenters. The van der Waals surface area contributed by atoms with Crippen LogP contribution in [0.15, 0.2) is 36.4 Å². The van der Waals surface area contributed by atoms with Crippen LogP contribution < -0.4 is 0 Å². The summed E-state index contributed by atoms with van der Waals surface area (Å²) in [5.41, 5.74) is 1.41. The number of amides is 1. The summed E-state index contributed by atoms with van der Waals surface area (Å²) in [6.45, 7) is 1.62. The third-order valence-corrected chi connectivity index (χ3v) is 6.15. The highest BCUT2D eigenvalue weighted by Gasteiger charge is 2.50. The molecule has 3 heterocycles. The third kappa shape index (κ3) is 2.29. The quantitative estimate of drug-likeness (QED) is 0.854. The molecule has 114 valence electrons. The van der Waals surface area contributed by atoms with E-state index in [4.69, 9.17) is 4.74 Å². The molecule has 0 radical (unpaired) electrons. The first-order valence-electron chi connectivity index (χ1n) is 7.51. The Morgan fingerprint density at radius 1 is 1.32 bits per heavy atom. The maximum Gasteiger partial charge on any atom is 0.272 e. The first kappa shape index (κ1) is 14.0. The van der Waals surface area contributed by atoms with Gasteiger partial charge in [-0.1, -0.05) is 24.3 Å². The minimum Gasteiger partial charge on any atom is -0.381 e. The van der Waals surface area contributed by atoms with Gasteiger partial charge in [0.25, 0.3) is 5.91 Å². The number of methoxy groups -OCH3 is 1. The van der Waals surface area contributed by atoms with Crippen LogP contribution in [0.25, 0.3) is 10.9 Å². The van der Waals surface area contributed by atoms with Crippen LogP contribution in [0.3, 0.4) is 0 Å². The van der Waals surface area contributed by atoms with Crippen LogP contribution >= 0.6 is 11.8 Å². The molecular formula is C17H18N2O2S. The number of aromatic nitrogens is 1. The first-order valence-corrected chi connectivity index (χ1v) is 8.49. The van der Waals surface area contributed by atoms with Crippen molar-refractivity contribution in [1.29, 1.82) is 0 Å². The lowest BCUT2D eigenvalue weighted by molar-refractivity contribution is 0.0447. The van der Waals surface area contributed by atoms with Crippen LogP contribution in [-0.4, -0.2) is 52.6 Å². The van der Waals surface area contributed by atoms with Gasteiger partial charge in [0.05, 0.1) is 16.4 Å². The number of carbonyl (C=O) groups excluding carboxylic acids is 1. The normalized spacial score (nSPS) is 23.0. The van der Waals surface area contributed by atoms with Crippen molar-refractivity contribution in [3.05, 3.63) is 42.1 Å². The molecule has 2 aliphatic heterocycles. The number of likely N-dealkylation sites (tertiary alicyclic amines) is 1. The first-order chi connectivity index (χ1) is 10.7. The Bertz CT molecular complexity index is 727. The fourth-order valence-corrected chi connectivity index (χ4v) is 4.91. The molecule has 2 fully saturated rings. The van der Waals surface area contributed by atoms with E-state index in [1.807, 2.05) is 53.1 Å². The van der Waals surface area contributed by atoms with Gasteiger partial charge < -0.3 is 9.64 Å². The zero-order valence-corrected chi connectivity index (χ0v) is 13.3. The highest BCUT2D eigenvalue weighted by Crippen LogP contribution is 2.46. The Morgan fingerprint density at radius 2 is 2.14 bits per heavy atom. The predicted molar refractivity (Wildman–Crippen MR) is 88.2 cm³/mol. The molecule has 4 nitrogen and oxygen atoms in total. The number of benzene rings is 1. The number of pyridine rings is 1. The van der Waals surface area contributed by atoms with E-state index >= 15 is 0 Å². The molecule has 4 rings (SSSR count). The molecule has 0 aliphatic carbocycles. The molecule has 1 spiro atoms. The Morgan fingerprint density at radius 3 is 2.91 bits per heavy atom. The SMILES string of the molecule is CO[C@H]1CSC2(C1)CN(C(=O)c1ccc3ccccc3n1)C2. The molecular weight excluding hydrogens is 296 g/mol. The fourth-order valence-electron chi connectivity index (χ4n) is 3.31. The molecule has 0 bridgehead atoms. The van der Waals surface area contributed by atoms with Crippen LogP contribution in [0.5, 0.6) is 0 Å². The molecule has 1 aromatic heterocycles. The number of para-hydroxylation sites is 1. The number of fused-ring (bicyclic) bond motifs is 1. The summed E-state index contributed by atoms with van der Waals surface area (Å²) in [5, 5.41) is 1.06. The number of hydrogen-bond donors (Lipinski definition) is 0. The van der Waals surface area contributed by atoms with E-state index < -0.39 is 0 Å². The summed E-state index contributed by atoms with van der Waals surface area (Å²) < 4.78 is 5.65. The van der Waals surface area contributed by atoms with Crippen LogP contribution in [-0.2, 0) is 4.74 Å². The highest BCUT2D eigenvalue weighted by atomic mass is 32.2. The van der Waals surface area contributed by atoms with Crippen LogP contribution in [0, 0.1) is 0 Å². The van der Waals surface area contributed by atoms with Gasteiger partial charge in [0, 0.05) is 31.3 Å². The molecule has 2 aromatic rings. The smallest absolute Gasteiger partial charge is 0.272 e. The highest BCUT2D eigenvalue weighted by molar-refractivity contribution is 8.01. The summed E-state index contributed by atoms with van der Waals surface area (Å²) in [6, 6.07) is 11.7. The molecule has 2 saturated heterocycles. The fraction of sp³-hybridized carbons (Fsp3) is 0.412. The van der Waals surface area contributed by atoms with Crippen molar-refractivity contribution in [3.63, 3.8) is 0 Å². The molecule has 0 unspecified atom stereocenters. The second kappa shape index (κ2) is 5.25. The minimum absolute atomic E-state index is 0.0397. The van der Waals surface area contributed by atoms with E-state index in [2.05, 4.69) is 4.98 Å². The summed E-state index contributed by atoms with van der Waals surface area (Å²) >= 11 is 1.94. The summed E-state index contributed by atoms with van der Waals surface area (Å²) in [5.74, 6) is 1.07. The maximum absolute atomic E-state index is 12.6. The lowest BCUT2D eigenvalue weighted by Crippen LogP contribution is -2.60. The van der Waals surface area contributed by atoms with Gasteiger partial charge in [0.15, 0.2) is 0 Å². The molecule has 1 amide bonds. The lowest BCUT2D eigenvalue weighted by Gasteiger charge is -2.47. The van der Waals surface area contributed by atoms with Crippen molar-refractivity contribution in [2.45, 2.75) is 17.3 Å². The van der Waals surface area contributed by atoms with Crippen molar-refractivity contribution in [3.8, 4) is 0 Å². The van der Waals surface area contributed by atoms with Gasteiger partial charge in [-0.3, -0.25) is 4.79 Å². The number of rotatable bonds is 2. The zero-order chi connectivity index (χ0) is 15.2. The Kier molecular flexibility index (Phi) is 3.35. The van der Waals surface area contributed by atoms with Crippen molar-refractivity contribution in [1.82, 2.24) is 9.88 Å². The predicted octanol–water partition coefficient (Wildman–Crippen LogP) is 2.58. The van der Waals surface area contributed by atoms with E-state index in [1.54, 1.807) is 7.11 Å². The van der Waals surface area contributed by atoms with Gasteiger partial charge in [0.2, 0.25) is 0 Å². The molecule has 0 N–H and O–H groups in total. The second-order valence-electron chi connectivity index (χ2n) is 6.11. The average molecular weight is 314 g/mol. The van der Waals surface area contributed by atoms with E-state index in [0.717, 1.165) is 36.2 Å². The van der Waals surface area contributed by atoms with E-state index in [-0.39, 0.29) is 10.7 Å². The molecule has 1 aromatic carbocycles. The molecule has 22 heavy (non-hydrogen) atoms. The number of nitrogens with zero attached hydrogens (tertiary/aromatic N) is 2. The molecule has 2 aliphatic rings. The van der Waals surface area contributed by atoms with Gasteiger partial charge in [0.1, 0.15) is 5.69 Å². The largest absolute Gasteiger partial charge is 0.381 e. The molecule has 0 saturated carbocycles. The van der Waals surface area contributed by atoms with E-state index in [1.165, 1.54) is 0 Å².